The predicted octanol–water partition coefficient (Wildman–Crippen LogP) is 3.06. The minimum atomic E-state index is -4.39. The molecule has 1 N–H and O–H groups in total. The number of aryl methyl sites for hydroxylation is 2. The highest BCUT2D eigenvalue weighted by molar-refractivity contribution is 5.78. The molecule has 1 unspecified atom stereocenters. The zero-order chi connectivity index (χ0) is 15.3. The Bertz CT molecular complexity index is 472. The molecule has 0 aliphatic heterocycles. The maximum absolute atomic E-state index is 12.3. The second-order valence-corrected chi connectivity index (χ2v) is 4.54. The van der Waals surface area contributed by atoms with Crippen LogP contribution in [-0.2, 0) is 9.53 Å². The standard InChI is InChI=1S/C14H18F3NO2/c1-4-20-13(19)12(18-8-14(15,16)17)11-7-9(2)5-6-10(11)3/h5-7,12,18H,4,8H2,1-3H3. The molecule has 1 atom stereocenters. The van der Waals surface area contributed by atoms with Crippen molar-refractivity contribution in [3.05, 3.63) is 34.9 Å². The van der Waals surface area contributed by atoms with Crippen molar-refractivity contribution >= 4 is 5.97 Å². The summed E-state index contributed by atoms with van der Waals surface area (Å²) in [6.45, 7) is 4.05. The Balaban J connectivity index is 3.03. The van der Waals surface area contributed by atoms with Gasteiger partial charge in [-0.15, -0.1) is 0 Å². The molecule has 0 heterocycles. The van der Waals surface area contributed by atoms with Crippen LogP contribution in [0.25, 0.3) is 0 Å². The molecule has 0 aliphatic carbocycles. The van der Waals surface area contributed by atoms with Crippen LogP contribution in [0.4, 0.5) is 13.2 Å². The van der Waals surface area contributed by atoms with E-state index in [0.717, 1.165) is 11.1 Å². The van der Waals surface area contributed by atoms with Crippen LogP contribution in [0.15, 0.2) is 18.2 Å². The number of halogens is 3. The molecule has 0 bridgehead atoms. The van der Waals surface area contributed by atoms with Gasteiger partial charge in [0.05, 0.1) is 13.2 Å². The van der Waals surface area contributed by atoms with Gasteiger partial charge in [-0.3, -0.25) is 5.32 Å². The Hall–Kier alpha value is -1.56. The van der Waals surface area contributed by atoms with E-state index < -0.39 is 24.7 Å². The Morgan fingerprint density at radius 3 is 2.55 bits per heavy atom. The molecule has 0 radical (unpaired) electrons. The van der Waals surface area contributed by atoms with Gasteiger partial charge in [-0.1, -0.05) is 23.8 Å². The first-order valence-corrected chi connectivity index (χ1v) is 6.28. The predicted molar refractivity (Wildman–Crippen MR) is 69.3 cm³/mol. The van der Waals surface area contributed by atoms with Gasteiger partial charge in [0.15, 0.2) is 0 Å². The lowest BCUT2D eigenvalue weighted by Crippen LogP contribution is -2.37. The molecular weight excluding hydrogens is 271 g/mol. The van der Waals surface area contributed by atoms with Crippen LogP contribution in [0.5, 0.6) is 0 Å². The molecule has 6 heteroatoms. The molecule has 0 spiro atoms. The summed E-state index contributed by atoms with van der Waals surface area (Å²) in [6.07, 6.45) is -4.39. The number of esters is 1. The summed E-state index contributed by atoms with van der Waals surface area (Å²) in [4.78, 5) is 11.9. The van der Waals surface area contributed by atoms with E-state index in [9.17, 15) is 18.0 Å². The summed E-state index contributed by atoms with van der Waals surface area (Å²) in [5, 5.41) is 2.23. The SMILES string of the molecule is CCOC(=O)C(NCC(F)(F)F)c1cc(C)ccc1C. The second-order valence-electron chi connectivity index (χ2n) is 4.54. The average Bonchev–Trinajstić information content (AvgIpc) is 2.32. The topological polar surface area (TPSA) is 38.3 Å². The van der Waals surface area contributed by atoms with E-state index in [-0.39, 0.29) is 6.61 Å². The van der Waals surface area contributed by atoms with Crippen LogP contribution in [0.1, 0.15) is 29.7 Å². The van der Waals surface area contributed by atoms with Gasteiger partial charge >= 0.3 is 12.1 Å². The zero-order valence-electron chi connectivity index (χ0n) is 11.7. The van der Waals surface area contributed by atoms with Crippen molar-refractivity contribution in [1.29, 1.82) is 0 Å². The Morgan fingerprint density at radius 1 is 1.35 bits per heavy atom. The normalized spacial score (nSPS) is 13.1. The highest BCUT2D eigenvalue weighted by Gasteiger charge is 2.31. The number of carbonyl (C=O) groups is 1. The molecule has 3 nitrogen and oxygen atoms in total. The van der Waals surface area contributed by atoms with Crippen LogP contribution < -0.4 is 5.32 Å². The molecule has 112 valence electrons. The van der Waals surface area contributed by atoms with Crippen molar-refractivity contribution < 1.29 is 22.7 Å². The Labute approximate surface area is 116 Å². The lowest BCUT2D eigenvalue weighted by Gasteiger charge is -2.20. The molecule has 0 aromatic heterocycles. The van der Waals surface area contributed by atoms with Gasteiger partial charge in [-0.2, -0.15) is 13.2 Å². The van der Waals surface area contributed by atoms with E-state index >= 15 is 0 Å². The number of rotatable bonds is 5. The first-order valence-electron chi connectivity index (χ1n) is 6.28. The molecule has 1 aromatic rings. The average molecular weight is 289 g/mol. The molecule has 0 amide bonds. The molecule has 20 heavy (non-hydrogen) atoms. The molecule has 0 aliphatic rings. The summed E-state index contributed by atoms with van der Waals surface area (Å²) >= 11 is 0. The minimum Gasteiger partial charge on any atom is -0.465 e. The number of alkyl halides is 3. The van der Waals surface area contributed by atoms with Crippen LogP contribution in [0, 0.1) is 13.8 Å². The first kappa shape index (κ1) is 16.5. The molecular formula is C14H18F3NO2. The van der Waals surface area contributed by atoms with Crippen molar-refractivity contribution in [1.82, 2.24) is 5.32 Å². The largest absolute Gasteiger partial charge is 0.465 e. The summed E-state index contributed by atoms with van der Waals surface area (Å²) in [5.74, 6) is -0.703. The Morgan fingerprint density at radius 2 is 2.00 bits per heavy atom. The van der Waals surface area contributed by atoms with Gasteiger partial charge < -0.3 is 4.74 Å². The van der Waals surface area contributed by atoms with Gasteiger partial charge in [0, 0.05) is 0 Å². The quantitative estimate of drug-likeness (QED) is 0.847. The molecule has 1 aromatic carbocycles. The maximum Gasteiger partial charge on any atom is 0.401 e. The highest BCUT2D eigenvalue weighted by Crippen LogP contribution is 2.22. The first-order chi connectivity index (χ1) is 9.24. The van der Waals surface area contributed by atoms with Gasteiger partial charge in [-0.25, -0.2) is 4.79 Å². The molecule has 1 rings (SSSR count). The molecule has 0 fully saturated rings. The molecule has 0 saturated carbocycles. The van der Waals surface area contributed by atoms with E-state index in [1.54, 1.807) is 26.0 Å². The summed E-state index contributed by atoms with van der Waals surface area (Å²) in [6, 6.07) is 4.19. The number of nitrogens with one attached hydrogen (secondary N) is 1. The van der Waals surface area contributed by atoms with Crippen LogP contribution in [0.2, 0.25) is 0 Å². The van der Waals surface area contributed by atoms with Gasteiger partial charge in [0.25, 0.3) is 0 Å². The fourth-order valence-electron chi connectivity index (χ4n) is 1.83. The van der Waals surface area contributed by atoms with E-state index in [1.165, 1.54) is 0 Å². The second kappa shape index (κ2) is 6.74. The van der Waals surface area contributed by atoms with Gasteiger partial charge in [-0.05, 0) is 31.9 Å². The van der Waals surface area contributed by atoms with E-state index in [1.807, 2.05) is 13.0 Å². The van der Waals surface area contributed by atoms with Crippen LogP contribution in [0.3, 0.4) is 0 Å². The third kappa shape index (κ3) is 4.85. The third-order valence-corrected chi connectivity index (χ3v) is 2.77. The lowest BCUT2D eigenvalue weighted by molar-refractivity contribution is -0.149. The van der Waals surface area contributed by atoms with Gasteiger partial charge in [0.1, 0.15) is 6.04 Å². The van der Waals surface area contributed by atoms with Crippen molar-refractivity contribution in [2.24, 2.45) is 0 Å². The number of hydrogen-bond donors (Lipinski definition) is 1. The number of benzene rings is 1. The van der Waals surface area contributed by atoms with E-state index in [0.29, 0.717) is 5.56 Å². The third-order valence-electron chi connectivity index (χ3n) is 2.77. The zero-order valence-corrected chi connectivity index (χ0v) is 11.7. The van der Waals surface area contributed by atoms with Crippen molar-refractivity contribution in [2.45, 2.75) is 33.0 Å². The smallest absolute Gasteiger partial charge is 0.401 e. The van der Waals surface area contributed by atoms with Crippen LogP contribution in [-0.4, -0.2) is 25.3 Å². The van der Waals surface area contributed by atoms with Crippen molar-refractivity contribution in [2.75, 3.05) is 13.2 Å². The van der Waals surface area contributed by atoms with Crippen molar-refractivity contribution in [3.8, 4) is 0 Å². The summed E-state index contributed by atoms with van der Waals surface area (Å²) in [7, 11) is 0. The monoisotopic (exact) mass is 289 g/mol. The summed E-state index contributed by atoms with van der Waals surface area (Å²) in [5.41, 5.74) is 2.12. The highest BCUT2D eigenvalue weighted by atomic mass is 19.4. The lowest BCUT2D eigenvalue weighted by atomic mass is 9.99. The van der Waals surface area contributed by atoms with Crippen LogP contribution >= 0.6 is 0 Å². The van der Waals surface area contributed by atoms with E-state index in [2.05, 4.69) is 5.32 Å². The van der Waals surface area contributed by atoms with Crippen molar-refractivity contribution in [3.63, 3.8) is 0 Å². The van der Waals surface area contributed by atoms with Gasteiger partial charge in [0.2, 0.25) is 0 Å². The van der Waals surface area contributed by atoms with E-state index in [4.69, 9.17) is 4.74 Å². The fraction of sp³-hybridized carbons (Fsp3) is 0.500. The number of hydrogen-bond acceptors (Lipinski definition) is 3. The number of carbonyl (C=O) groups excluding carboxylic acids is 1. The fourth-order valence-corrected chi connectivity index (χ4v) is 1.83. The maximum atomic E-state index is 12.3. The molecule has 0 saturated heterocycles. The Kier molecular flexibility index (Phi) is 5.56. The number of ether oxygens (including phenoxy) is 1. The minimum absolute atomic E-state index is 0.119. The summed E-state index contributed by atoms with van der Waals surface area (Å²) < 4.78 is 41.9.